The van der Waals surface area contributed by atoms with Crippen molar-refractivity contribution in [2.24, 2.45) is 0 Å². The second kappa shape index (κ2) is 7.01. The van der Waals surface area contributed by atoms with Crippen LogP contribution in [-0.2, 0) is 9.59 Å². The third-order valence-electron chi connectivity index (χ3n) is 6.15. The lowest BCUT2D eigenvalue weighted by molar-refractivity contribution is -0.151. The predicted octanol–water partition coefficient (Wildman–Crippen LogP) is 1.07. The van der Waals surface area contributed by atoms with Crippen LogP contribution in [0.15, 0.2) is 18.2 Å². The largest absolute Gasteiger partial charge is 0.484 e. The summed E-state index contributed by atoms with van der Waals surface area (Å²) in [6.07, 6.45) is 2.21. The van der Waals surface area contributed by atoms with Crippen LogP contribution in [0.4, 0.5) is 4.39 Å². The van der Waals surface area contributed by atoms with Crippen LogP contribution in [0.2, 0.25) is 5.02 Å². The highest BCUT2D eigenvalue weighted by Crippen LogP contribution is 2.60. The number of amides is 2. The molecular weight excluding hydrogens is 419 g/mol. The molecule has 3 saturated carbocycles. The number of hydrogen-bond acceptors (Lipinski definition) is 6. The normalized spacial score (nSPS) is 34.7. The second-order valence-electron chi connectivity index (χ2n) is 8.43. The van der Waals surface area contributed by atoms with E-state index in [0.717, 1.165) is 44.2 Å². The van der Waals surface area contributed by atoms with Gasteiger partial charge in [-0.25, -0.2) is 4.39 Å². The summed E-state index contributed by atoms with van der Waals surface area (Å²) in [4.78, 5) is 27.1. The Morgan fingerprint density at radius 2 is 2.07 bits per heavy atom. The van der Waals surface area contributed by atoms with E-state index in [1.165, 1.54) is 12.1 Å². The maximum Gasteiger partial charge on any atom is 0.258 e. The molecule has 2 unspecified atom stereocenters. The molecule has 29 heavy (non-hydrogen) atoms. The predicted molar refractivity (Wildman–Crippen MR) is 107 cm³/mol. The van der Waals surface area contributed by atoms with Gasteiger partial charge in [-0.1, -0.05) is 11.6 Å². The van der Waals surface area contributed by atoms with Gasteiger partial charge in [0.25, 0.3) is 5.91 Å². The number of halogens is 2. The molecule has 10 heteroatoms. The Balaban J connectivity index is 1.06. The van der Waals surface area contributed by atoms with Crippen molar-refractivity contribution in [1.82, 2.24) is 20.9 Å². The van der Waals surface area contributed by atoms with E-state index in [1.807, 2.05) is 11.8 Å². The molecule has 2 atom stereocenters. The Hall–Kier alpha value is -1.55. The molecule has 2 aliphatic heterocycles. The van der Waals surface area contributed by atoms with Crippen LogP contribution in [0.25, 0.3) is 0 Å². The Labute approximate surface area is 177 Å². The van der Waals surface area contributed by atoms with Gasteiger partial charge in [-0.3, -0.25) is 19.8 Å². The minimum atomic E-state index is -0.586. The molecule has 156 valence electrons. The molecule has 6 rings (SSSR count). The first-order valence-corrected chi connectivity index (χ1v) is 11.1. The van der Waals surface area contributed by atoms with Crippen LogP contribution >= 0.6 is 23.4 Å². The van der Waals surface area contributed by atoms with Crippen LogP contribution in [0.3, 0.4) is 0 Å². The Bertz CT molecular complexity index is 840. The maximum absolute atomic E-state index is 13.4. The molecule has 1 aromatic rings. The number of hydrogen-bond donors (Lipinski definition) is 3. The summed E-state index contributed by atoms with van der Waals surface area (Å²) in [5.41, 5.74) is -0.178. The van der Waals surface area contributed by atoms with Gasteiger partial charge < -0.3 is 15.4 Å². The molecule has 0 aromatic heterocycles. The van der Waals surface area contributed by atoms with Gasteiger partial charge in [0.15, 0.2) is 6.61 Å². The van der Waals surface area contributed by atoms with Crippen LogP contribution < -0.4 is 20.7 Å². The van der Waals surface area contributed by atoms with Gasteiger partial charge in [-0.2, -0.15) is 0 Å². The summed E-state index contributed by atoms with van der Waals surface area (Å²) >= 11 is 7.47. The lowest BCUT2D eigenvalue weighted by atomic mass is 9.44. The summed E-state index contributed by atoms with van der Waals surface area (Å²) in [6, 6.07) is 3.90. The average molecular weight is 441 g/mol. The van der Waals surface area contributed by atoms with Crippen LogP contribution in [-0.4, -0.2) is 64.8 Å². The highest BCUT2D eigenvalue weighted by Gasteiger charge is 2.69. The van der Waals surface area contributed by atoms with Gasteiger partial charge in [0.2, 0.25) is 5.91 Å². The number of nitrogens with one attached hydrogen (secondary N) is 3. The Kier molecular flexibility index (Phi) is 4.69. The molecule has 3 aliphatic carbocycles. The number of fused-ring (bicyclic) bond motifs is 1. The number of carbonyl (C=O) groups is 2. The molecule has 5 fully saturated rings. The third-order valence-corrected chi connectivity index (χ3v) is 7.62. The van der Waals surface area contributed by atoms with Crippen LogP contribution in [0, 0.1) is 5.82 Å². The molecular formula is C19H22ClFN4O3S. The Morgan fingerprint density at radius 1 is 1.31 bits per heavy atom. The van der Waals surface area contributed by atoms with Crippen LogP contribution in [0.5, 0.6) is 5.75 Å². The van der Waals surface area contributed by atoms with Crippen molar-refractivity contribution in [3.63, 3.8) is 0 Å². The highest BCUT2D eigenvalue weighted by atomic mass is 35.5. The molecule has 2 amide bonds. The zero-order chi connectivity index (χ0) is 20.2. The van der Waals surface area contributed by atoms with E-state index in [2.05, 4.69) is 20.9 Å². The standard InChI is InChI=1S/C19H22ClFN4O3S/c20-12-2-1-11(5-13(12)21)28-7-15(26)23-18-8-19(9-18,10-18)24-16(27)14-6-25-3-4-29-17(25)22-14/h1-2,5,14,17,22H,3-4,6-10H2,(H,23,26)(H,24,27). The zero-order valence-electron chi connectivity index (χ0n) is 15.7. The molecule has 7 nitrogen and oxygen atoms in total. The number of nitrogens with zero attached hydrogens (tertiary/aromatic N) is 1. The fourth-order valence-corrected chi connectivity index (χ4v) is 6.26. The van der Waals surface area contributed by atoms with Crippen molar-refractivity contribution < 1.29 is 18.7 Å². The van der Waals surface area contributed by atoms with E-state index < -0.39 is 5.82 Å². The van der Waals surface area contributed by atoms with Crippen molar-refractivity contribution >= 4 is 35.2 Å². The summed E-state index contributed by atoms with van der Waals surface area (Å²) < 4.78 is 18.7. The first-order valence-electron chi connectivity index (χ1n) is 9.68. The van der Waals surface area contributed by atoms with E-state index in [1.54, 1.807) is 0 Å². The van der Waals surface area contributed by atoms with Crippen molar-refractivity contribution in [3.05, 3.63) is 29.0 Å². The molecule has 0 radical (unpaired) electrons. The number of ether oxygens (including phenoxy) is 1. The van der Waals surface area contributed by atoms with Gasteiger partial charge in [0.1, 0.15) is 23.1 Å². The van der Waals surface area contributed by atoms with Crippen molar-refractivity contribution in [2.45, 2.75) is 41.9 Å². The minimum Gasteiger partial charge on any atom is -0.484 e. The summed E-state index contributed by atoms with van der Waals surface area (Å²) in [6.45, 7) is 1.59. The SMILES string of the molecule is O=C(COc1ccc(Cl)c(F)c1)NC12CC(NC(=O)C3CN4CCSC4N3)(C1)C2. The summed E-state index contributed by atoms with van der Waals surface area (Å²) in [5, 5.41) is 9.56. The van der Waals surface area contributed by atoms with Crippen molar-refractivity contribution in [1.29, 1.82) is 0 Å². The number of rotatable bonds is 6. The molecule has 3 N–H and O–H groups in total. The molecule has 2 heterocycles. The van der Waals surface area contributed by atoms with Gasteiger partial charge in [-0.05, 0) is 31.4 Å². The molecule has 1 aromatic carbocycles. The fourth-order valence-electron chi connectivity index (χ4n) is 4.91. The van der Waals surface area contributed by atoms with E-state index in [0.29, 0.717) is 0 Å². The monoisotopic (exact) mass is 440 g/mol. The fraction of sp³-hybridized carbons (Fsp3) is 0.579. The van der Waals surface area contributed by atoms with Gasteiger partial charge in [0.05, 0.1) is 5.02 Å². The summed E-state index contributed by atoms with van der Waals surface area (Å²) in [5.74, 6) is 0.570. The van der Waals surface area contributed by atoms with Crippen molar-refractivity contribution in [2.75, 3.05) is 25.4 Å². The Morgan fingerprint density at radius 3 is 2.79 bits per heavy atom. The van der Waals surface area contributed by atoms with E-state index in [-0.39, 0.29) is 51.8 Å². The average Bonchev–Trinajstić information content (AvgIpc) is 3.21. The zero-order valence-corrected chi connectivity index (χ0v) is 17.2. The first kappa shape index (κ1) is 19.4. The lowest BCUT2D eigenvalue weighted by Crippen LogP contribution is -2.84. The first-order chi connectivity index (χ1) is 13.9. The molecule has 2 bridgehead atoms. The minimum absolute atomic E-state index is 0.00923. The van der Waals surface area contributed by atoms with E-state index >= 15 is 0 Å². The van der Waals surface area contributed by atoms with E-state index in [9.17, 15) is 14.0 Å². The van der Waals surface area contributed by atoms with Gasteiger partial charge >= 0.3 is 0 Å². The second-order valence-corrected chi connectivity index (χ2v) is 10.0. The third kappa shape index (κ3) is 3.58. The summed E-state index contributed by atoms with van der Waals surface area (Å²) in [7, 11) is 0. The molecule has 0 spiro atoms. The lowest BCUT2D eigenvalue weighted by Gasteiger charge is -2.70. The van der Waals surface area contributed by atoms with Crippen LogP contribution in [0.1, 0.15) is 19.3 Å². The quantitative estimate of drug-likeness (QED) is 0.614. The van der Waals surface area contributed by atoms with E-state index in [4.69, 9.17) is 16.3 Å². The van der Waals surface area contributed by atoms with Gasteiger partial charge in [-0.15, -0.1) is 11.8 Å². The van der Waals surface area contributed by atoms with Gasteiger partial charge in [0, 0.05) is 36.0 Å². The number of benzene rings is 1. The topological polar surface area (TPSA) is 82.7 Å². The highest BCUT2D eigenvalue weighted by molar-refractivity contribution is 8.00. The number of thioether (sulfide) groups is 1. The maximum atomic E-state index is 13.4. The van der Waals surface area contributed by atoms with Crippen molar-refractivity contribution in [3.8, 4) is 5.75 Å². The smallest absolute Gasteiger partial charge is 0.258 e. The molecule has 5 aliphatic rings. The molecule has 2 saturated heterocycles. The number of carbonyl (C=O) groups excluding carboxylic acids is 2.